The number of nitrogens with one attached hydrogen (secondary N) is 2. The summed E-state index contributed by atoms with van der Waals surface area (Å²) >= 11 is 6.26. The molecule has 6 nitrogen and oxygen atoms in total. The maximum atomic E-state index is 12.4. The first-order valence-corrected chi connectivity index (χ1v) is 9.25. The predicted octanol–water partition coefficient (Wildman–Crippen LogP) is 2.16. The Balaban J connectivity index is 1.86. The van der Waals surface area contributed by atoms with Crippen LogP contribution in [0.15, 0.2) is 12.1 Å². The average Bonchev–Trinajstić information content (AvgIpc) is 2.64. The molecule has 25 heavy (non-hydrogen) atoms. The topological polar surface area (TPSA) is 62.8 Å². The number of piperazine rings is 1. The van der Waals surface area contributed by atoms with Gasteiger partial charge in [-0.1, -0.05) is 18.5 Å². The number of ether oxygens (including phenoxy) is 2. The van der Waals surface area contributed by atoms with Crippen LogP contribution < -0.4 is 20.1 Å². The summed E-state index contributed by atoms with van der Waals surface area (Å²) in [5.41, 5.74) is 0.480. The van der Waals surface area contributed by atoms with Gasteiger partial charge in [0.25, 0.3) is 5.91 Å². The molecular formula is C18H28ClN3O3. The van der Waals surface area contributed by atoms with E-state index in [1.54, 1.807) is 19.2 Å². The molecule has 0 atom stereocenters. The summed E-state index contributed by atoms with van der Waals surface area (Å²) in [7, 11) is 1.54. The van der Waals surface area contributed by atoms with Crippen LogP contribution in [0.25, 0.3) is 0 Å². The van der Waals surface area contributed by atoms with Gasteiger partial charge in [-0.2, -0.15) is 0 Å². The van der Waals surface area contributed by atoms with Crippen molar-refractivity contribution < 1.29 is 14.3 Å². The van der Waals surface area contributed by atoms with Gasteiger partial charge in [0.2, 0.25) is 0 Å². The lowest BCUT2D eigenvalue weighted by molar-refractivity contribution is 0.0951. The Morgan fingerprint density at radius 3 is 2.80 bits per heavy atom. The molecule has 1 heterocycles. The third-order valence-corrected chi connectivity index (χ3v) is 4.37. The molecule has 0 radical (unpaired) electrons. The van der Waals surface area contributed by atoms with Gasteiger partial charge in [-0.15, -0.1) is 0 Å². The van der Waals surface area contributed by atoms with Crippen molar-refractivity contribution in [2.75, 3.05) is 53.0 Å². The van der Waals surface area contributed by atoms with E-state index in [4.69, 9.17) is 21.1 Å². The molecule has 2 N–H and O–H groups in total. The second kappa shape index (κ2) is 10.5. The van der Waals surface area contributed by atoms with Crippen molar-refractivity contribution in [1.82, 2.24) is 15.5 Å². The number of benzene rings is 1. The smallest absolute Gasteiger partial charge is 0.251 e. The molecule has 2 rings (SSSR count). The Morgan fingerprint density at radius 1 is 1.36 bits per heavy atom. The largest absolute Gasteiger partial charge is 0.493 e. The van der Waals surface area contributed by atoms with E-state index in [-0.39, 0.29) is 5.91 Å². The van der Waals surface area contributed by atoms with E-state index >= 15 is 0 Å². The zero-order chi connectivity index (χ0) is 18.1. The van der Waals surface area contributed by atoms with Gasteiger partial charge in [-0.25, -0.2) is 0 Å². The van der Waals surface area contributed by atoms with Crippen LogP contribution in [0.4, 0.5) is 0 Å². The number of methoxy groups -OCH3 is 1. The highest BCUT2D eigenvalue weighted by atomic mass is 35.5. The second-order valence-electron chi connectivity index (χ2n) is 6.04. The lowest BCUT2D eigenvalue weighted by Crippen LogP contribution is -2.44. The van der Waals surface area contributed by atoms with Gasteiger partial charge in [0, 0.05) is 38.3 Å². The summed E-state index contributed by atoms with van der Waals surface area (Å²) in [4.78, 5) is 14.8. The summed E-state index contributed by atoms with van der Waals surface area (Å²) < 4.78 is 10.9. The van der Waals surface area contributed by atoms with Crippen molar-refractivity contribution in [3.63, 3.8) is 0 Å². The number of hydrogen-bond acceptors (Lipinski definition) is 5. The van der Waals surface area contributed by atoms with Crippen molar-refractivity contribution in [3.8, 4) is 11.5 Å². The molecule has 1 aromatic rings. The molecule has 140 valence electrons. The summed E-state index contributed by atoms with van der Waals surface area (Å²) in [5.74, 6) is 0.816. The minimum absolute atomic E-state index is 0.150. The second-order valence-corrected chi connectivity index (χ2v) is 6.45. The molecule has 1 amide bonds. The molecule has 1 aromatic carbocycles. The number of carbonyl (C=O) groups excluding carboxylic acids is 1. The van der Waals surface area contributed by atoms with Crippen molar-refractivity contribution in [2.24, 2.45) is 0 Å². The fraction of sp³-hybridized carbons (Fsp3) is 0.611. The SMILES string of the molecule is CCCOc1c(Cl)cc(C(=O)NCCCN2CCNCC2)cc1OC. The van der Waals surface area contributed by atoms with E-state index in [1.807, 2.05) is 6.92 Å². The van der Waals surface area contributed by atoms with E-state index in [0.29, 0.717) is 35.2 Å². The number of amides is 1. The van der Waals surface area contributed by atoms with Crippen LogP contribution in [0.3, 0.4) is 0 Å². The zero-order valence-electron chi connectivity index (χ0n) is 15.1. The van der Waals surface area contributed by atoms with Gasteiger partial charge in [-0.05, 0) is 31.5 Å². The molecule has 1 saturated heterocycles. The van der Waals surface area contributed by atoms with Gasteiger partial charge in [0.1, 0.15) is 0 Å². The van der Waals surface area contributed by atoms with Crippen LogP contribution in [-0.2, 0) is 0 Å². The third kappa shape index (κ3) is 6.06. The van der Waals surface area contributed by atoms with E-state index in [2.05, 4.69) is 15.5 Å². The lowest BCUT2D eigenvalue weighted by atomic mass is 10.2. The fourth-order valence-electron chi connectivity index (χ4n) is 2.74. The Labute approximate surface area is 154 Å². The van der Waals surface area contributed by atoms with Crippen LogP contribution in [0.5, 0.6) is 11.5 Å². The van der Waals surface area contributed by atoms with Crippen LogP contribution >= 0.6 is 11.6 Å². The summed E-state index contributed by atoms with van der Waals surface area (Å²) in [6.45, 7) is 8.41. The number of hydrogen-bond donors (Lipinski definition) is 2. The van der Waals surface area contributed by atoms with E-state index in [9.17, 15) is 4.79 Å². The predicted molar refractivity (Wildman–Crippen MR) is 100 cm³/mol. The minimum atomic E-state index is -0.150. The number of halogens is 1. The Kier molecular flexibility index (Phi) is 8.31. The third-order valence-electron chi connectivity index (χ3n) is 4.09. The van der Waals surface area contributed by atoms with Crippen LogP contribution in [-0.4, -0.2) is 63.8 Å². The molecule has 1 fully saturated rings. The highest BCUT2D eigenvalue weighted by molar-refractivity contribution is 6.32. The summed E-state index contributed by atoms with van der Waals surface area (Å²) in [5, 5.41) is 6.66. The van der Waals surface area contributed by atoms with Gasteiger partial charge >= 0.3 is 0 Å². The highest BCUT2D eigenvalue weighted by Gasteiger charge is 2.16. The van der Waals surface area contributed by atoms with Crippen molar-refractivity contribution >= 4 is 17.5 Å². The van der Waals surface area contributed by atoms with E-state index in [0.717, 1.165) is 45.6 Å². The van der Waals surface area contributed by atoms with Crippen LogP contribution in [0.2, 0.25) is 5.02 Å². The molecule has 1 aliphatic rings. The van der Waals surface area contributed by atoms with Crippen molar-refractivity contribution in [2.45, 2.75) is 19.8 Å². The normalized spacial score (nSPS) is 15.0. The summed E-state index contributed by atoms with van der Waals surface area (Å²) in [6, 6.07) is 3.29. The Morgan fingerprint density at radius 2 is 2.12 bits per heavy atom. The fourth-order valence-corrected chi connectivity index (χ4v) is 3.00. The van der Waals surface area contributed by atoms with Gasteiger partial charge < -0.3 is 25.0 Å². The first kappa shape index (κ1) is 19.8. The quantitative estimate of drug-likeness (QED) is 0.653. The molecule has 1 aliphatic heterocycles. The molecule has 0 saturated carbocycles. The Hall–Kier alpha value is -1.50. The number of nitrogens with zero attached hydrogens (tertiary/aromatic N) is 1. The zero-order valence-corrected chi connectivity index (χ0v) is 15.8. The maximum Gasteiger partial charge on any atom is 0.251 e. The number of rotatable bonds is 9. The monoisotopic (exact) mass is 369 g/mol. The van der Waals surface area contributed by atoms with Crippen LogP contribution in [0, 0.1) is 0 Å². The van der Waals surface area contributed by atoms with E-state index < -0.39 is 0 Å². The molecule has 0 spiro atoms. The molecular weight excluding hydrogens is 342 g/mol. The highest BCUT2D eigenvalue weighted by Crippen LogP contribution is 2.36. The van der Waals surface area contributed by atoms with Gasteiger partial charge in [-0.3, -0.25) is 4.79 Å². The van der Waals surface area contributed by atoms with E-state index in [1.165, 1.54) is 0 Å². The van der Waals surface area contributed by atoms with Crippen LogP contribution in [0.1, 0.15) is 30.1 Å². The first-order valence-electron chi connectivity index (χ1n) is 8.87. The molecule has 7 heteroatoms. The van der Waals surface area contributed by atoms with Gasteiger partial charge in [0.15, 0.2) is 11.5 Å². The molecule has 0 aromatic heterocycles. The minimum Gasteiger partial charge on any atom is -0.493 e. The summed E-state index contributed by atoms with van der Waals surface area (Å²) in [6.07, 6.45) is 1.79. The Bertz CT molecular complexity index is 563. The number of carbonyl (C=O) groups is 1. The van der Waals surface area contributed by atoms with Crippen molar-refractivity contribution in [3.05, 3.63) is 22.7 Å². The molecule has 0 aliphatic carbocycles. The first-order chi connectivity index (χ1) is 12.2. The van der Waals surface area contributed by atoms with Gasteiger partial charge in [0.05, 0.1) is 18.7 Å². The lowest BCUT2D eigenvalue weighted by Gasteiger charge is -2.27. The standard InChI is InChI=1S/C18H28ClN3O3/c1-3-11-25-17-15(19)12-14(13-16(17)24-2)18(23)21-5-4-8-22-9-6-20-7-10-22/h12-13,20H,3-11H2,1-2H3,(H,21,23). The average molecular weight is 370 g/mol. The molecule has 0 bridgehead atoms. The maximum absolute atomic E-state index is 12.4. The molecule has 0 unspecified atom stereocenters. The van der Waals surface area contributed by atoms with Crippen molar-refractivity contribution in [1.29, 1.82) is 0 Å².